The van der Waals surface area contributed by atoms with Gasteiger partial charge in [-0.25, -0.2) is 4.98 Å². The van der Waals surface area contributed by atoms with Crippen LogP contribution in [0.2, 0.25) is 0 Å². The molecule has 28 heavy (non-hydrogen) atoms. The van der Waals surface area contributed by atoms with Gasteiger partial charge in [0.2, 0.25) is 19.5 Å². The summed E-state index contributed by atoms with van der Waals surface area (Å²) < 4.78 is 21.7. The smallest absolute Gasteiger partial charge is 0.231 e. The molecule has 7 heteroatoms. The molecule has 7 nitrogen and oxygen atoms in total. The van der Waals surface area contributed by atoms with Crippen LogP contribution in [0.5, 0.6) is 23.0 Å². The molecule has 0 unspecified atom stereocenters. The van der Waals surface area contributed by atoms with E-state index >= 15 is 0 Å². The third kappa shape index (κ3) is 2.96. The monoisotopic (exact) mass is 376 g/mol. The molecule has 3 aromatic rings. The molecule has 0 aliphatic carbocycles. The highest BCUT2D eigenvalue weighted by Crippen LogP contribution is 2.39. The van der Waals surface area contributed by atoms with Gasteiger partial charge in [-0.3, -0.25) is 4.79 Å². The van der Waals surface area contributed by atoms with E-state index in [9.17, 15) is 4.79 Å². The van der Waals surface area contributed by atoms with Gasteiger partial charge in [-0.1, -0.05) is 6.07 Å². The van der Waals surface area contributed by atoms with Crippen molar-refractivity contribution in [3.05, 3.63) is 48.5 Å². The molecule has 0 bridgehead atoms. The number of pyridine rings is 1. The third-order valence-electron chi connectivity index (χ3n) is 4.50. The minimum absolute atomic E-state index is 0.188. The van der Waals surface area contributed by atoms with Crippen LogP contribution in [-0.4, -0.2) is 24.5 Å². The first-order chi connectivity index (χ1) is 13.7. The summed E-state index contributed by atoms with van der Waals surface area (Å²) in [6, 6.07) is 15.2. The van der Waals surface area contributed by atoms with E-state index in [1.54, 1.807) is 0 Å². The molecule has 0 atom stereocenters. The lowest BCUT2D eigenvalue weighted by Gasteiger charge is -2.11. The quantitative estimate of drug-likeness (QED) is 0.748. The highest BCUT2D eigenvalue weighted by Gasteiger charge is 2.17. The van der Waals surface area contributed by atoms with Crippen LogP contribution >= 0.6 is 0 Å². The summed E-state index contributed by atoms with van der Waals surface area (Å²) in [6.07, 6.45) is 0. The number of benzene rings is 2. The summed E-state index contributed by atoms with van der Waals surface area (Å²) in [5.74, 6) is 3.07. The number of carbonyl (C=O) groups is 1. The van der Waals surface area contributed by atoms with Crippen molar-refractivity contribution in [1.29, 1.82) is 0 Å². The summed E-state index contributed by atoms with van der Waals surface area (Å²) in [5.41, 5.74) is 3.39. The molecule has 1 N–H and O–H groups in total. The van der Waals surface area contributed by atoms with Gasteiger partial charge < -0.3 is 24.3 Å². The van der Waals surface area contributed by atoms with E-state index in [0.29, 0.717) is 28.8 Å². The van der Waals surface area contributed by atoms with Crippen molar-refractivity contribution in [3.8, 4) is 45.4 Å². The number of hydrogen-bond donors (Lipinski definition) is 1. The van der Waals surface area contributed by atoms with Crippen LogP contribution in [0.15, 0.2) is 48.5 Å². The fourth-order valence-electron chi connectivity index (χ4n) is 3.22. The normalized spacial score (nSPS) is 13.5. The number of carbonyl (C=O) groups excluding carboxylic acids is 1. The van der Waals surface area contributed by atoms with Gasteiger partial charge >= 0.3 is 0 Å². The number of aromatic nitrogens is 1. The topological polar surface area (TPSA) is 78.9 Å². The van der Waals surface area contributed by atoms with E-state index in [-0.39, 0.29) is 19.5 Å². The van der Waals surface area contributed by atoms with E-state index in [4.69, 9.17) is 18.9 Å². The summed E-state index contributed by atoms with van der Waals surface area (Å²) in [7, 11) is 0. The van der Waals surface area contributed by atoms with Gasteiger partial charge in [0.05, 0.1) is 5.69 Å². The lowest BCUT2D eigenvalue weighted by atomic mass is 10.0. The molecule has 1 amide bonds. The second-order valence-corrected chi connectivity index (χ2v) is 6.44. The highest BCUT2D eigenvalue weighted by atomic mass is 16.7. The zero-order chi connectivity index (χ0) is 19.1. The molecule has 0 fully saturated rings. The lowest BCUT2D eigenvalue weighted by molar-refractivity contribution is -0.114. The number of anilines is 1. The summed E-state index contributed by atoms with van der Waals surface area (Å²) in [4.78, 5) is 16.2. The lowest BCUT2D eigenvalue weighted by Crippen LogP contribution is -2.08. The van der Waals surface area contributed by atoms with Gasteiger partial charge in [-0.15, -0.1) is 0 Å². The number of ether oxygens (including phenoxy) is 4. The zero-order valence-electron chi connectivity index (χ0n) is 15.0. The number of amides is 1. The number of fused-ring (bicyclic) bond motifs is 2. The predicted octanol–water partition coefficient (Wildman–Crippen LogP) is 3.83. The van der Waals surface area contributed by atoms with Crippen LogP contribution in [-0.2, 0) is 4.79 Å². The zero-order valence-corrected chi connectivity index (χ0v) is 15.0. The third-order valence-corrected chi connectivity index (χ3v) is 4.50. The van der Waals surface area contributed by atoms with Crippen molar-refractivity contribution >= 4 is 11.7 Å². The van der Waals surface area contributed by atoms with E-state index in [1.807, 2.05) is 48.5 Å². The molecule has 0 saturated heterocycles. The Hall–Kier alpha value is -3.74. The standard InChI is InChI=1S/C21H16N2O5/c1-12(24)22-21-9-15(13-2-4-17-19(7-13)27-10-25-17)6-16(23-21)14-3-5-18-20(8-14)28-11-26-18/h2-9H,10-11H2,1H3,(H,22,23,24). The molecular weight excluding hydrogens is 360 g/mol. The Morgan fingerprint density at radius 3 is 2.07 bits per heavy atom. The summed E-state index contributed by atoms with van der Waals surface area (Å²) in [6.45, 7) is 1.88. The Bertz CT molecular complexity index is 1020. The maximum atomic E-state index is 11.6. The average molecular weight is 376 g/mol. The molecule has 2 aromatic carbocycles. The summed E-state index contributed by atoms with van der Waals surface area (Å²) in [5, 5.41) is 2.77. The molecule has 2 aliphatic rings. The van der Waals surface area contributed by atoms with E-state index in [0.717, 1.165) is 22.4 Å². The number of hydrogen-bond acceptors (Lipinski definition) is 6. The number of nitrogens with zero attached hydrogens (tertiary/aromatic N) is 1. The van der Waals surface area contributed by atoms with E-state index in [1.165, 1.54) is 6.92 Å². The minimum Gasteiger partial charge on any atom is -0.454 e. The first kappa shape index (κ1) is 16.4. The Morgan fingerprint density at radius 2 is 1.39 bits per heavy atom. The van der Waals surface area contributed by atoms with Gasteiger partial charge in [0.25, 0.3) is 0 Å². The van der Waals surface area contributed by atoms with Gasteiger partial charge in [0.15, 0.2) is 23.0 Å². The average Bonchev–Trinajstić information content (AvgIpc) is 3.35. The van der Waals surface area contributed by atoms with Crippen LogP contribution in [0.25, 0.3) is 22.4 Å². The van der Waals surface area contributed by atoms with Crippen LogP contribution in [0, 0.1) is 0 Å². The van der Waals surface area contributed by atoms with E-state index in [2.05, 4.69) is 10.3 Å². The van der Waals surface area contributed by atoms with Crippen LogP contribution in [0.4, 0.5) is 5.82 Å². The molecule has 1 aromatic heterocycles. The maximum absolute atomic E-state index is 11.6. The van der Waals surface area contributed by atoms with Crippen molar-refractivity contribution in [2.24, 2.45) is 0 Å². The Kier molecular flexibility index (Phi) is 3.79. The second kappa shape index (κ2) is 6.45. The van der Waals surface area contributed by atoms with Crippen molar-refractivity contribution < 1.29 is 23.7 Å². The van der Waals surface area contributed by atoms with Crippen molar-refractivity contribution in [1.82, 2.24) is 4.98 Å². The Labute approximate surface area is 160 Å². The number of nitrogens with one attached hydrogen (secondary N) is 1. The molecule has 3 heterocycles. The van der Waals surface area contributed by atoms with Crippen LogP contribution in [0.3, 0.4) is 0 Å². The SMILES string of the molecule is CC(=O)Nc1cc(-c2ccc3c(c2)OCO3)cc(-c2ccc3c(c2)OCO3)n1. The Morgan fingerprint density at radius 1 is 0.786 bits per heavy atom. The molecule has 0 saturated carbocycles. The van der Waals surface area contributed by atoms with Crippen molar-refractivity contribution in [2.75, 3.05) is 18.9 Å². The maximum Gasteiger partial charge on any atom is 0.231 e. The molecule has 5 rings (SSSR count). The predicted molar refractivity (Wildman–Crippen MR) is 102 cm³/mol. The Balaban J connectivity index is 1.61. The van der Waals surface area contributed by atoms with Gasteiger partial charge in [-0.05, 0) is 53.6 Å². The van der Waals surface area contributed by atoms with Gasteiger partial charge in [0.1, 0.15) is 5.82 Å². The second-order valence-electron chi connectivity index (χ2n) is 6.44. The minimum atomic E-state index is -0.188. The fourth-order valence-corrected chi connectivity index (χ4v) is 3.22. The largest absolute Gasteiger partial charge is 0.454 e. The highest BCUT2D eigenvalue weighted by molar-refractivity contribution is 5.89. The first-order valence-corrected chi connectivity index (χ1v) is 8.75. The first-order valence-electron chi connectivity index (χ1n) is 8.75. The van der Waals surface area contributed by atoms with Crippen LogP contribution in [0.1, 0.15) is 6.92 Å². The number of rotatable bonds is 3. The fraction of sp³-hybridized carbons (Fsp3) is 0.143. The van der Waals surface area contributed by atoms with E-state index < -0.39 is 0 Å². The molecule has 0 spiro atoms. The molecular formula is C21H16N2O5. The van der Waals surface area contributed by atoms with Crippen molar-refractivity contribution in [2.45, 2.75) is 6.92 Å². The molecule has 2 aliphatic heterocycles. The molecule has 0 radical (unpaired) electrons. The summed E-state index contributed by atoms with van der Waals surface area (Å²) >= 11 is 0. The molecule has 140 valence electrons. The van der Waals surface area contributed by atoms with Crippen molar-refractivity contribution in [3.63, 3.8) is 0 Å². The van der Waals surface area contributed by atoms with Gasteiger partial charge in [-0.2, -0.15) is 0 Å². The van der Waals surface area contributed by atoms with Gasteiger partial charge in [0, 0.05) is 12.5 Å². The van der Waals surface area contributed by atoms with Crippen LogP contribution < -0.4 is 24.3 Å².